The molecule has 1 rings (SSSR count). The summed E-state index contributed by atoms with van der Waals surface area (Å²) in [5.74, 6) is -0.814. The van der Waals surface area contributed by atoms with E-state index in [9.17, 15) is 18.0 Å². The molecule has 0 saturated carbocycles. The van der Waals surface area contributed by atoms with Crippen LogP contribution in [-0.4, -0.2) is 34.6 Å². The lowest BCUT2D eigenvalue weighted by Gasteiger charge is -2.31. The molecular weight excluding hydrogens is 307 g/mol. The van der Waals surface area contributed by atoms with Crippen molar-refractivity contribution in [3.8, 4) is 0 Å². The van der Waals surface area contributed by atoms with Crippen LogP contribution in [0.5, 0.6) is 0 Å². The molecule has 0 unspecified atom stereocenters. The highest BCUT2D eigenvalue weighted by Crippen LogP contribution is 2.25. The number of aromatic nitrogens is 1. The maximum Gasteiger partial charge on any atom is 0.406 e. The normalized spacial score (nSPS) is 11.8. The van der Waals surface area contributed by atoms with E-state index in [4.69, 9.17) is 17.3 Å². The van der Waals surface area contributed by atoms with Gasteiger partial charge in [0.2, 0.25) is 0 Å². The Bertz CT molecular complexity index is 504. The largest absolute Gasteiger partial charge is 0.406 e. The zero-order chi connectivity index (χ0) is 16.2. The highest BCUT2D eigenvalue weighted by Gasteiger charge is 2.36. The Kier molecular flexibility index (Phi) is 5.83. The van der Waals surface area contributed by atoms with Crippen LogP contribution in [0.4, 0.5) is 18.9 Å². The van der Waals surface area contributed by atoms with Gasteiger partial charge in [0.15, 0.2) is 0 Å². The first kappa shape index (κ1) is 17.6. The van der Waals surface area contributed by atoms with E-state index < -0.39 is 24.7 Å². The van der Waals surface area contributed by atoms with Gasteiger partial charge in [-0.25, -0.2) is 4.98 Å². The molecule has 1 amide bonds. The van der Waals surface area contributed by atoms with Crippen LogP contribution in [0, 0.1) is 0 Å². The molecule has 4 nitrogen and oxygen atoms in total. The van der Waals surface area contributed by atoms with Gasteiger partial charge < -0.3 is 10.6 Å². The number of alkyl halides is 3. The average molecular weight is 324 g/mol. The molecule has 0 radical (unpaired) electrons. The van der Waals surface area contributed by atoms with Crippen molar-refractivity contribution in [1.29, 1.82) is 0 Å². The van der Waals surface area contributed by atoms with Crippen molar-refractivity contribution < 1.29 is 18.0 Å². The Morgan fingerprint density at radius 3 is 2.48 bits per heavy atom. The summed E-state index contributed by atoms with van der Waals surface area (Å²) in [7, 11) is 0. The smallest absolute Gasteiger partial charge is 0.397 e. The molecule has 1 aromatic rings. The van der Waals surface area contributed by atoms with Crippen molar-refractivity contribution in [3.63, 3.8) is 0 Å². The Morgan fingerprint density at radius 2 is 2.00 bits per heavy atom. The molecule has 0 saturated heterocycles. The van der Waals surface area contributed by atoms with E-state index in [0.717, 1.165) is 4.90 Å². The van der Waals surface area contributed by atoms with E-state index in [1.807, 2.05) is 0 Å². The van der Waals surface area contributed by atoms with Gasteiger partial charge >= 0.3 is 6.18 Å². The topological polar surface area (TPSA) is 59.2 Å². The molecule has 2 N–H and O–H groups in total. The predicted octanol–water partition coefficient (Wildman–Crippen LogP) is 3.51. The third kappa shape index (κ3) is 4.77. The standard InChI is InChI=1S/C13H17ClF3N3O/c1-3-9(4-2)20(7-13(15,16)17)12(21)10-5-8(18)6-19-11(10)14/h5-6,9H,3-4,7,18H2,1-2H3. The number of hydrogen-bond acceptors (Lipinski definition) is 3. The number of amides is 1. The van der Waals surface area contributed by atoms with Crippen LogP contribution in [0.2, 0.25) is 5.15 Å². The number of carbonyl (C=O) groups excluding carboxylic acids is 1. The number of pyridine rings is 1. The zero-order valence-electron chi connectivity index (χ0n) is 11.7. The molecule has 0 aliphatic heterocycles. The lowest BCUT2D eigenvalue weighted by molar-refractivity contribution is -0.144. The average Bonchev–Trinajstić information content (AvgIpc) is 2.39. The zero-order valence-corrected chi connectivity index (χ0v) is 12.5. The molecule has 0 aliphatic carbocycles. The van der Waals surface area contributed by atoms with Crippen molar-refractivity contribution in [2.24, 2.45) is 0 Å². The molecule has 21 heavy (non-hydrogen) atoms. The molecule has 1 heterocycles. The fourth-order valence-electron chi connectivity index (χ4n) is 2.06. The number of nitrogens with zero attached hydrogens (tertiary/aromatic N) is 2. The van der Waals surface area contributed by atoms with Gasteiger partial charge in [-0.3, -0.25) is 4.79 Å². The van der Waals surface area contributed by atoms with E-state index in [0.29, 0.717) is 12.8 Å². The van der Waals surface area contributed by atoms with Crippen molar-refractivity contribution in [1.82, 2.24) is 9.88 Å². The first-order chi connectivity index (χ1) is 9.69. The summed E-state index contributed by atoms with van der Waals surface area (Å²) >= 11 is 5.80. The number of anilines is 1. The summed E-state index contributed by atoms with van der Waals surface area (Å²) < 4.78 is 38.2. The highest BCUT2D eigenvalue weighted by atomic mass is 35.5. The Morgan fingerprint density at radius 1 is 1.43 bits per heavy atom. The maximum absolute atomic E-state index is 12.7. The second kappa shape index (κ2) is 6.98. The second-order valence-electron chi connectivity index (χ2n) is 4.63. The van der Waals surface area contributed by atoms with E-state index >= 15 is 0 Å². The first-order valence-corrected chi connectivity index (χ1v) is 6.86. The molecule has 0 atom stereocenters. The van der Waals surface area contributed by atoms with E-state index in [1.54, 1.807) is 13.8 Å². The summed E-state index contributed by atoms with van der Waals surface area (Å²) in [5, 5.41) is -0.160. The lowest BCUT2D eigenvalue weighted by Crippen LogP contribution is -2.45. The Labute approximate surface area is 126 Å². The molecular formula is C13H17ClF3N3O. The number of hydrogen-bond donors (Lipinski definition) is 1. The van der Waals surface area contributed by atoms with Crippen LogP contribution in [-0.2, 0) is 0 Å². The van der Waals surface area contributed by atoms with Gasteiger partial charge in [-0.1, -0.05) is 25.4 Å². The van der Waals surface area contributed by atoms with Gasteiger partial charge in [0.05, 0.1) is 17.4 Å². The van der Waals surface area contributed by atoms with Gasteiger partial charge in [-0.15, -0.1) is 0 Å². The van der Waals surface area contributed by atoms with Gasteiger partial charge in [0.1, 0.15) is 11.7 Å². The van der Waals surface area contributed by atoms with Crippen LogP contribution in [0.3, 0.4) is 0 Å². The molecule has 0 aromatic carbocycles. The number of nitrogen functional groups attached to an aromatic ring is 1. The Hall–Kier alpha value is -1.50. The van der Waals surface area contributed by atoms with Gasteiger partial charge in [0, 0.05) is 6.04 Å². The fourth-order valence-corrected chi connectivity index (χ4v) is 2.24. The summed E-state index contributed by atoms with van der Waals surface area (Å²) in [6.45, 7) is 2.12. The molecule has 1 aromatic heterocycles. The van der Waals surface area contributed by atoms with Gasteiger partial charge in [-0.2, -0.15) is 13.2 Å². The number of halogens is 4. The molecule has 118 valence electrons. The molecule has 0 aliphatic rings. The molecule has 0 bridgehead atoms. The number of nitrogens with two attached hydrogens (primary N) is 1. The quantitative estimate of drug-likeness (QED) is 0.844. The summed E-state index contributed by atoms with van der Waals surface area (Å²) in [6.07, 6.45) is -2.43. The molecule has 0 spiro atoms. The van der Waals surface area contributed by atoms with Crippen molar-refractivity contribution in [2.45, 2.75) is 38.9 Å². The SMILES string of the molecule is CCC(CC)N(CC(F)(F)F)C(=O)c1cc(N)cnc1Cl. The fraction of sp³-hybridized carbons (Fsp3) is 0.538. The minimum Gasteiger partial charge on any atom is -0.397 e. The lowest BCUT2D eigenvalue weighted by atomic mass is 10.1. The molecule has 0 fully saturated rings. The van der Waals surface area contributed by atoms with Crippen molar-refractivity contribution in [2.75, 3.05) is 12.3 Å². The minimum atomic E-state index is -4.49. The van der Waals surface area contributed by atoms with E-state index in [2.05, 4.69) is 4.98 Å². The van der Waals surface area contributed by atoms with Crippen LogP contribution in [0.25, 0.3) is 0 Å². The van der Waals surface area contributed by atoms with Crippen LogP contribution >= 0.6 is 11.6 Å². The Balaban J connectivity index is 3.18. The second-order valence-corrected chi connectivity index (χ2v) is 4.98. The predicted molar refractivity (Wildman–Crippen MR) is 75.1 cm³/mol. The summed E-state index contributed by atoms with van der Waals surface area (Å²) in [4.78, 5) is 16.9. The van der Waals surface area contributed by atoms with Gasteiger partial charge in [0.25, 0.3) is 5.91 Å². The highest BCUT2D eigenvalue weighted by molar-refractivity contribution is 6.32. The number of rotatable bonds is 5. The van der Waals surface area contributed by atoms with Gasteiger partial charge in [-0.05, 0) is 18.9 Å². The first-order valence-electron chi connectivity index (χ1n) is 6.48. The maximum atomic E-state index is 12.7. The third-order valence-electron chi connectivity index (χ3n) is 3.08. The van der Waals surface area contributed by atoms with E-state index in [1.165, 1.54) is 12.3 Å². The summed E-state index contributed by atoms with van der Waals surface area (Å²) in [6, 6.07) is 0.709. The van der Waals surface area contributed by atoms with Crippen molar-refractivity contribution in [3.05, 3.63) is 23.0 Å². The van der Waals surface area contributed by atoms with Crippen LogP contribution < -0.4 is 5.73 Å². The van der Waals surface area contributed by atoms with Crippen molar-refractivity contribution >= 4 is 23.2 Å². The molecule has 8 heteroatoms. The minimum absolute atomic E-state index is 0.118. The summed E-state index contributed by atoms with van der Waals surface area (Å²) in [5.41, 5.74) is 5.57. The van der Waals surface area contributed by atoms with E-state index in [-0.39, 0.29) is 16.4 Å². The number of carbonyl (C=O) groups is 1. The third-order valence-corrected chi connectivity index (χ3v) is 3.39. The monoisotopic (exact) mass is 323 g/mol. The van der Waals surface area contributed by atoms with Crippen LogP contribution in [0.15, 0.2) is 12.3 Å². The van der Waals surface area contributed by atoms with Crippen LogP contribution in [0.1, 0.15) is 37.0 Å².